The molecule has 0 radical (unpaired) electrons. The summed E-state index contributed by atoms with van der Waals surface area (Å²) in [6.07, 6.45) is 3.16. The first-order valence-electron chi connectivity index (χ1n) is 10.1. The highest BCUT2D eigenvalue weighted by atomic mass is 19.4. The number of nitrogens with zero attached hydrogens (tertiary/aromatic N) is 3. The summed E-state index contributed by atoms with van der Waals surface area (Å²) in [6, 6.07) is 7.72. The normalized spacial score (nSPS) is 16.9. The highest BCUT2D eigenvalue weighted by Gasteiger charge is 2.33. The van der Waals surface area contributed by atoms with E-state index in [2.05, 4.69) is 19.7 Å². The van der Waals surface area contributed by atoms with Crippen molar-refractivity contribution in [1.82, 2.24) is 15.0 Å². The van der Waals surface area contributed by atoms with Gasteiger partial charge < -0.3 is 4.74 Å². The van der Waals surface area contributed by atoms with E-state index in [1.807, 2.05) is 24.3 Å². The van der Waals surface area contributed by atoms with Gasteiger partial charge in [-0.1, -0.05) is 42.5 Å². The van der Waals surface area contributed by atoms with Gasteiger partial charge in [0.1, 0.15) is 17.3 Å². The van der Waals surface area contributed by atoms with Crippen LogP contribution in [-0.2, 0) is 6.18 Å². The molecule has 1 aliphatic rings. The van der Waals surface area contributed by atoms with Gasteiger partial charge in [0.15, 0.2) is 0 Å². The number of halogens is 6. The van der Waals surface area contributed by atoms with Crippen LogP contribution in [0, 0.1) is 5.92 Å². The lowest BCUT2D eigenvalue weighted by Gasteiger charge is -2.25. The van der Waals surface area contributed by atoms with Crippen LogP contribution in [-0.4, -0.2) is 21.3 Å². The maximum atomic E-state index is 12.7. The maximum absolute atomic E-state index is 12.7. The van der Waals surface area contributed by atoms with Gasteiger partial charge in [0, 0.05) is 29.7 Å². The summed E-state index contributed by atoms with van der Waals surface area (Å²) in [5.41, 5.74) is 0.606. The molecule has 4 rings (SSSR count). The molecule has 2 aromatic heterocycles. The van der Waals surface area contributed by atoms with E-state index in [1.54, 1.807) is 0 Å². The van der Waals surface area contributed by atoms with E-state index < -0.39 is 18.2 Å². The van der Waals surface area contributed by atoms with Crippen LogP contribution in [0.4, 0.5) is 26.3 Å². The third-order valence-corrected chi connectivity index (χ3v) is 5.25. The van der Waals surface area contributed by atoms with E-state index in [1.165, 1.54) is 42.7 Å². The van der Waals surface area contributed by atoms with Crippen molar-refractivity contribution in [2.24, 2.45) is 5.92 Å². The highest BCUT2D eigenvalue weighted by Crippen LogP contribution is 2.36. The van der Waals surface area contributed by atoms with E-state index >= 15 is 0 Å². The molecule has 0 saturated carbocycles. The van der Waals surface area contributed by atoms with Crippen molar-refractivity contribution >= 4 is 0 Å². The minimum Gasteiger partial charge on any atom is -0.406 e. The van der Waals surface area contributed by atoms with Gasteiger partial charge >= 0.3 is 12.5 Å². The van der Waals surface area contributed by atoms with Crippen LogP contribution in [0.3, 0.4) is 0 Å². The molecule has 0 fully saturated rings. The van der Waals surface area contributed by atoms with Crippen LogP contribution in [0.15, 0.2) is 79.3 Å². The molecule has 0 saturated heterocycles. The third kappa shape index (κ3) is 5.62. The molecule has 0 amide bonds. The molecule has 2 unspecified atom stereocenters. The van der Waals surface area contributed by atoms with E-state index in [0.717, 1.165) is 12.3 Å². The average Bonchev–Trinajstić information content (AvgIpc) is 2.80. The summed E-state index contributed by atoms with van der Waals surface area (Å²) in [6.45, 7) is 0. The SMILES string of the molecule is FC(F)(F)Oc1ccc(C(c2ncc(-c3ccc(C(F)(F)F)nc3)cn2)C2C=CC=CC2)cc1. The average molecular weight is 477 g/mol. The molecule has 176 valence electrons. The van der Waals surface area contributed by atoms with Crippen LogP contribution in [0.2, 0.25) is 0 Å². The zero-order valence-electron chi connectivity index (χ0n) is 17.4. The third-order valence-electron chi connectivity index (χ3n) is 5.25. The van der Waals surface area contributed by atoms with Crippen molar-refractivity contribution in [2.75, 3.05) is 0 Å². The quantitative estimate of drug-likeness (QED) is 0.383. The first-order valence-corrected chi connectivity index (χ1v) is 10.1. The Morgan fingerprint density at radius 3 is 2.00 bits per heavy atom. The molecule has 0 aliphatic heterocycles. The van der Waals surface area contributed by atoms with Crippen molar-refractivity contribution in [3.8, 4) is 16.9 Å². The first-order chi connectivity index (χ1) is 16.1. The fraction of sp³-hybridized carbons (Fsp3) is 0.208. The highest BCUT2D eigenvalue weighted by molar-refractivity contribution is 5.60. The Kier molecular flexibility index (Phi) is 6.41. The molecular weight excluding hydrogens is 460 g/mol. The zero-order valence-corrected chi connectivity index (χ0v) is 17.4. The number of allylic oxidation sites excluding steroid dienone is 4. The molecular formula is C24H17F6N3O. The van der Waals surface area contributed by atoms with Crippen molar-refractivity contribution in [1.29, 1.82) is 0 Å². The van der Waals surface area contributed by atoms with Crippen LogP contribution < -0.4 is 4.74 Å². The minimum atomic E-state index is -4.79. The predicted molar refractivity (Wildman–Crippen MR) is 112 cm³/mol. The van der Waals surface area contributed by atoms with Crippen LogP contribution >= 0.6 is 0 Å². The Bertz CT molecular complexity index is 1170. The first kappa shape index (κ1) is 23.5. The summed E-state index contributed by atoms with van der Waals surface area (Å²) in [5.74, 6) is -0.308. The number of ether oxygens (including phenoxy) is 1. The molecule has 2 atom stereocenters. The number of rotatable bonds is 5. The minimum absolute atomic E-state index is 0.0435. The number of hydrogen-bond acceptors (Lipinski definition) is 4. The van der Waals surface area contributed by atoms with Gasteiger partial charge in [0.05, 0.1) is 5.92 Å². The summed E-state index contributed by atoms with van der Waals surface area (Å²) in [5, 5.41) is 0. The van der Waals surface area contributed by atoms with Crippen molar-refractivity contribution in [3.05, 3.63) is 96.4 Å². The van der Waals surface area contributed by atoms with E-state index in [9.17, 15) is 26.3 Å². The monoisotopic (exact) mass is 477 g/mol. The van der Waals surface area contributed by atoms with Gasteiger partial charge in [0.25, 0.3) is 0 Å². The summed E-state index contributed by atoms with van der Waals surface area (Å²) >= 11 is 0. The smallest absolute Gasteiger partial charge is 0.406 e. The van der Waals surface area contributed by atoms with Crippen LogP contribution in [0.25, 0.3) is 11.1 Å². The standard InChI is InChI=1S/C24H17F6N3O/c25-23(26,27)20-11-8-17(12-31-20)18-13-32-22(33-14-18)21(15-4-2-1-3-5-15)16-6-9-19(10-7-16)34-24(28,29)30/h1-4,6-15,21H,5H2. The van der Waals surface area contributed by atoms with Crippen molar-refractivity contribution in [3.63, 3.8) is 0 Å². The molecule has 0 bridgehead atoms. The number of aromatic nitrogens is 3. The topological polar surface area (TPSA) is 47.9 Å². The van der Waals surface area contributed by atoms with Crippen LogP contribution in [0.1, 0.15) is 29.4 Å². The fourth-order valence-electron chi connectivity index (χ4n) is 3.69. The Hall–Kier alpha value is -3.69. The Morgan fingerprint density at radius 2 is 1.47 bits per heavy atom. The molecule has 3 aromatic rings. The molecule has 0 spiro atoms. The fourth-order valence-corrected chi connectivity index (χ4v) is 3.69. The second-order valence-electron chi connectivity index (χ2n) is 7.57. The summed E-state index contributed by atoms with van der Waals surface area (Å²) in [7, 11) is 0. The Labute approximate surface area is 190 Å². The molecule has 10 heteroatoms. The predicted octanol–water partition coefficient (Wildman–Crippen LogP) is 6.72. The van der Waals surface area contributed by atoms with Crippen LogP contribution in [0.5, 0.6) is 5.75 Å². The van der Waals surface area contributed by atoms with Crippen molar-refractivity contribution in [2.45, 2.75) is 24.9 Å². The summed E-state index contributed by atoms with van der Waals surface area (Å²) < 4.78 is 79.7. The lowest BCUT2D eigenvalue weighted by molar-refractivity contribution is -0.274. The largest absolute Gasteiger partial charge is 0.573 e. The zero-order chi connectivity index (χ0) is 24.3. The number of benzene rings is 1. The number of hydrogen-bond donors (Lipinski definition) is 0. The summed E-state index contributed by atoms with van der Waals surface area (Å²) in [4.78, 5) is 12.3. The second kappa shape index (κ2) is 9.28. The lowest BCUT2D eigenvalue weighted by atomic mass is 9.81. The molecule has 4 nitrogen and oxygen atoms in total. The lowest BCUT2D eigenvalue weighted by Crippen LogP contribution is -2.18. The van der Waals surface area contributed by atoms with Gasteiger partial charge in [-0.3, -0.25) is 4.98 Å². The van der Waals surface area contributed by atoms with Crippen molar-refractivity contribution < 1.29 is 31.1 Å². The molecule has 1 aromatic carbocycles. The van der Waals surface area contributed by atoms with Gasteiger partial charge in [-0.2, -0.15) is 13.2 Å². The Balaban J connectivity index is 1.62. The van der Waals surface area contributed by atoms with Gasteiger partial charge in [-0.25, -0.2) is 9.97 Å². The molecule has 34 heavy (non-hydrogen) atoms. The molecule has 0 N–H and O–H groups in total. The molecule has 2 heterocycles. The number of alkyl halides is 6. The van der Waals surface area contributed by atoms with Gasteiger partial charge in [-0.05, 0) is 36.1 Å². The van der Waals surface area contributed by atoms with E-state index in [4.69, 9.17) is 0 Å². The van der Waals surface area contributed by atoms with Gasteiger partial charge in [0.2, 0.25) is 0 Å². The number of pyridine rings is 1. The van der Waals surface area contributed by atoms with E-state index in [0.29, 0.717) is 28.9 Å². The van der Waals surface area contributed by atoms with Gasteiger partial charge in [-0.15, -0.1) is 13.2 Å². The Morgan fingerprint density at radius 1 is 0.794 bits per heavy atom. The van der Waals surface area contributed by atoms with E-state index in [-0.39, 0.29) is 17.6 Å². The maximum Gasteiger partial charge on any atom is 0.573 e. The second-order valence-corrected chi connectivity index (χ2v) is 7.57. The molecule has 1 aliphatic carbocycles.